The molecule has 1 fully saturated rings. The highest BCUT2D eigenvalue weighted by Gasteiger charge is 2.30. The zero-order chi connectivity index (χ0) is 20.7. The molecule has 0 radical (unpaired) electrons. The van der Waals surface area contributed by atoms with E-state index in [1.807, 2.05) is 37.3 Å². The zero-order valence-electron chi connectivity index (χ0n) is 17.0. The van der Waals surface area contributed by atoms with Gasteiger partial charge in [-0.05, 0) is 51.2 Å². The van der Waals surface area contributed by atoms with Crippen molar-refractivity contribution in [3.8, 4) is 17.1 Å². The number of nitrogens with one attached hydrogen (secondary N) is 1. The number of benzene rings is 1. The number of nitrogens with zero attached hydrogens (tertiary/aromatic N) is 4. The Hall–Kier alpha value is -2.61. The smallest absolute Gasteiger partial charge is 0.284 e. The summed E-state index contributed by atoms with van der Waals surface area (Å²) in [7, 11) is 0. The molecular weight excluding hydrogens is 398 g/mol. The number of rotatable bonds is 5. The van der Waals surface area contributed by atoms with Crippen LogP contribution in [0.25, 0.3) is 17.1 Å². The lowest BCUT2D eigenvalue weighted by Gasteiger charge is -2.19. The van der Waals surface area contributed by atoms with Gasteiger partial charge in [-0.2, -0.15) is 4.68 Å². The van der Waals surface area contributed by atoms with Crippen molar-refractivity contribution in [3.63, 3.8) is 0 Å². The van der Waals surface area contributed by atoms with Crippen LogP contribution in [0.2, 0.25) is 0 Å². The Bertz CT molecular complexity index is 1100. The fraction of sp³-hybridized carbons (Fsp3) is 0.455. The highest BCUT2D eigenvalue weighted by atomic mass is 32.2. The van der Waals surface area contributed by atoms with E-state index in [-0.39, 0.29) is 16.7 Å². The summed E-state index contributed by atoms with van der Waals surface area (Å²) in [5, 5.41) is 8.15. The summed E-state index contributed by atoms with van der Waals surface area (Å²) < 4.78 is 3.60. The van der Waals surface area contributed by atoms with Crippen LogP contribution in [0.5, 0.6) is 0 Å². The van der Waals surface area contributed by atoms with Crippen molar-refractivity contribution in [1.29, 1.82) is 0 Å². The second-order valence-corrected chi connectivity index (χ2v) is 9.41. The molecule has 0 aromatic heterocycles. The van der Waals surface area contributed by atoms with Gasteiger partial charge >= 0.3 is 0 Å². The molecule has 1 aromatic carbocycles. The van der Waals surface area contributed by atoms with Gasteiger partial charge in [0, 0.05) is 18.3 Å². The number of aromatic nitrogens is 4. The van der Waals surface area contributed by atoms with Gasteiger partial charge in [-0.15, -0.1) is 5.10 Å². The van der Waals surface area contributed by atoms with Gasteiger partial charge in [-0.25, -0.2) is 4.98 Å². The maximum atomic E-state index is 13.3. The van der Waals surface area contributed by atoms with Gasteiger partial charge in [0.2, 0.25) is 5.91 Å². The van der Waals surface area contributed by atoms with E-state index in [4.69, 9.17) is 4.98 Å². The number of carbonyl (C=O) groups excluding carboxylic acids is 1. The first-order valence-electron chi connectivity index (χ1n) is 10.7. The number of thioether (sulfide) groups is 1. The third kappa shape index (κ3) is 3.64. The molecular formula is C22H25N5O2S. The summed E-state index contributed by atoms with van der Waals surface area (Å²) in [5.41, 5.74) is 2.23. The van der Waals surface area contributed by atoms with E-state index in [1.165, 1.54) is 16.4 Å². The van der Waals surface area contributed by atoms with Gasteiger partial charge in [0.1, 0.15) is 5.56 Å². The minimum Gasteiger partial charge on any atom is -0.352 e. The lowest BCUT2D eigenvalue weighted by Crippen LogP contribution is -2.33. The lowest BCUT2D eigenvalue weighted by molar-refractivity contribution is -0.120. The van der Waals surface area contributed by atoms with Crippen LogP contribution in [0.1, 0.15) is 44.7 Å². The number of fused-ring (bicyclic) bond motifs is 3. The summed E-state index contributed by atoms with van der Waals surface area (Å²) in [6.07, 6.45) is 6.16. The molecule has 0 saturated heterocycles. The minimum atomic E-state index is -0.252. The summed E-state index contributed by atoms with van der Waals surface area (Å²) >= 11 is 1.46. The Balaban J connectivity index is 1.59. The standard InChI is InChI=1S/C22H25N5O2S/c1-14(20(28)23-15-11-12-15)30-22-24-19-18(17-10-6-3-7-13-26(17)22)21(29)27(25-19)16-8-4-2-5-9-16/h2,4-5,8-9,14-15H,3,6-7,10-13H2,1H3,(H,23,28). The predicted molar refractivity (Wildman–Crippen MR) is 116 cm³/mol. The highest BCUT2D eigenvalue weighted by Crippen LogP contribution is 2.32. The van der Waals surface area contributed by atoms with E-state index in [2.05, 4.69) is 15.0 Å². The van der Waals surface area contributed by atoms with Gasteiger partial charge in [0.15, 0.2) is 11.0 Å². The van der Waals surface area contributed by atoms with Gasteiger partial charge in [-0.3, -0.25) is 9.59 Å². The molecule has 1 amide bonds. The summed E-state index contributed by atoms with van der Waals surface area (Å²) in [6, 6.07) is 9.79. The molecule has 3 heterocycles. The molecule has 7 nitrogen and oxygen atoms in total. The average molecular weight is 424 g/mol. The van der Waals surface area contributed by atoms with Crippen LogP contribution >= 0.6 is 11.8 Å². The highest BCUT2D eigenvalue weighted by molar-refractivity contribution is 8.00. The van der Waals surface area contributed by atoms with Crippen molar-refractivity contribution in [2.24, 2.45) is 0 Å². The Kier molecular flexibility index (Phi) is 5.10. The molecule has 5 rings (SSSR count). The summed E-state index contributed by atoms with van der Waals surface area (Å²) in [5.74, 6) is 0.515. The molecule has 30 heavy (non-hydrogen) atoms. The quantitative estimate of drug-likeness (QED) is 0.504. The third-order valence-corrected chi connectivity index (χ3v) is 6.83. The van der Waals surface area contributed by atoms with Crippen LogP contribution < -0.4 is 10.9 Å². The van der Waals surface area contributed by atoms with E-state index in [9.17, 15) is 9.59 Å². The van der Waals surface area contributed by atoms with Crippen LogP contribution in [-0.2, 0) is 17.8 Å². The third-order valence-electron chi connectivity index (χ3n) is 5.74. The zero-order valence-corrected chi connectivity index (χ0v) is 17.8. The molecule has 1 aliphatic carbocycles. The van der Waals surface area contributed by atoms with Crippen molar-refractivity contribution < 1.29 is 4.79 Å². The first kappa shape index (κ1) is 19.4. The van der Waals surface area contributed by atoms with Crippen LogP contribution in [0, 0.1) is 0 Å². The number of para-hydroxylation sites is 1. The number of hydrogen-bond acceptors (Lipinski definition) is 5. The van der Waals surface area contributed by atoms with E-state index in [1.54, 1.807) is 0 Å². The maximum Gasteiger partial charge on any atom is 0.284 e. The summed E-state index contributed by atoms with van der Waals surface area (Å²) in [6.45, 7) is 2.73. The van der Waals surface area contributed by atoms with Crippen molar-refractivity contribution in [3.05, 3.63) is 46.4 Å². The molecule has 1 saturated carbocycles. The van der Waals surface area contributed by atoms with Gasteiger partial charge < -0.3 is 9.88 Å². The molecule has 3 aliphatic heterocycles. The molecule has 1 N–H and O–H groups in total. The van der Waals surface area contributed by atoms with Gasteiger partial charge in [0.25, 0.3) is 5.56 Å². The molecule has 0 spiro atoms. The molecule has 1 unspecified atom stereocenters. The largest absolute Gasteiger partial charge is 0.352 e. The van der Waals surface area contributed by atoms with Gasteiger partial charge in [-0.1, -0.05) is 36.4 Å². The van der Waals surface area contributed by atoms with Crippen LogP contribution in [-0.4, -0.2) is 36.5 Å². The number of carbonyl (C=O) groups is 1. The molecule has 156 valence electrons. The molecule has 1 aromatic rings. The van der Waals surface area contributed by atoms with Crippen molar-refractivity contribution in [2.75, 3.05) is 0 Å². The number of amides is 1. The van der Waals surface area contributed by atoms with Crippen molar-refractivity contribution in [2.45, 2.75) is 68.4 Å². The van der Waals surface area contributed by atoms with E-state index >= 15 is 0 Å². The predicted octanol–water partition coefficient (Wildman–Crippen LogP) is 3.02. The first-order valence-corrected chi connectivity index (χ1v) is 11.5. The SMILES string of the molecule is CC(Sc1nc2nn(-c3ccccc3)c(=O)c-2c2n1CCCCC2)C(=O)NC1CC1. The fourth-order valence-electron chi connectivity index (χ4n) is 3.95. The lowest BCUT2D eigenvalue weighted by atomic mass is 10.1. The molecule has 4 aliphatic rings. The summed E-state index contributed by atoms with van der Waals surface area (Å²) in [4.78, 5) is 30.5. The van der Waals surface area contributed by atoms with Crippen LogP contribution in [0.4, 0.5) is 0 Å². The van der Waals surface area contributed by atoms with Crippen LogP contribution in [0.3, 0.4) is 0 Å². The van der Waals surface area contributed by atoms with Crippen molar-refractivity contribution >= 4 is 17.7 Å². The van der Waals surface area contributed by atoms with Crippen LogP contribution in [0.15, 0.2) is 40.3 Å². The topological polar surface area (TPSA) is 81.8 Å². The number of hydrogen-bond donors (Lipinski definition) is 1. The Morgan fingerprint density at radius 3 is 2.77 bits per heavy atom. The monoisotopic (exact) mass is 423 g/mol. The molecule has 0 bridgehead atoms. The maximum absolute atomic E-state index is 13.3. The van der Waals surface area contributed by atoms with Crippen molar-refractivity contribution in [1.82, 2.24) is 24.6 Å². The van der Waals surface area contributed by atoms with E-state index in [0.29, 0.717) is 17.4 Å². The molecule has 8 heteroatoms. The minimum absolute atomic E-state index is 0.0479. The first-order chi connectivity index (χ1) is 14.6. The molecule has 1 atom stereocenters. The average Bonchev–Trinajstić information content (AvgIpc) is 3.54. The Morgan fingerprint density at radius 2 is 2.00 bits per heavy atom. The second kappa shape index (κ2) is 7.91. The second-order valence-electron chi connectivity index (χ2n) is 8.10. The Labute approximate surface area is 179 Å². The van der Waals surface area contributed by atoms with E-state index < -0.39 is 0 Å². The fourth-order valence-corrected chi connectivity index (χ4v) is 4.90. The normalized spacial score (nSPS) is 17.4. The van der Waals surface area contributed by atoms with Gasteiger partial charge in [0.05, 0.1) is 10.9 Å². The Morgan fingerprint density at radius 1 is 1.20 bits per heavy atom. The van der Waals surface area contributed by atoms with E-state index in [0.717, 1.165) is 61.6 Å².